The zero-order valence-corrected chi connectivity index (χ0v) is 29.4. The molecule has 55 heavy (non-hydrogen) atoms. The molecule has 0 amide bonds. The zero-order valence-electron chi connectivity index (χ0n) is 34.4. The Labute approximate surface area is 324 Å². The lowest BCUT2D eigenvalue weighted by molar-refractivity contribution is 0.954. The molecule has 0 aliphatic heterocycles. The van der Waals surface area contributed by atoms with Crippen molar-refractivity contribution in [3.05, 3.63) is 194 Å². The van der Waals surface area contributed by atoms with Gasteiger partial charge in [0, 0.05) is 27.5 Å². The van der Waals surface area contributed by atoms with Gasteiger partial charge in [-0.1, -0.05) is 176 Å². The molecule has 0 aliphatic rings. The maximum atomic E-state index is 8.99. The van der Waals surface area contributed by atoms with Gasteiger partial charge >= 0.3 is 0 Å². The van der Waals surface area contributed by atoms with E-state index in [1.165, 1.54) is 0 Å². The van der Waals surface area contributed by atoms with E-state index in [1.807, 2.05) is 65.2 Å². The van der Waals surface area contributed by atoms with Crippen molar-refractivity contribution in [3.8, 4) is 51.0 Å². The van der Waals surface area contributed by atoms with E-state index in [4.69, 9.17) is 21.8 Å². The van der Waals surface area contributed by atoms with Gasteiger partial charge in [-0.3, -0.25) is 4.57 Å². The van der Waals surface area contributed by atoms with E-state index in [0.717, 1.165) is 76.4 Å². The minimum absolute atomic E-state index is 0.0232. The number of hydrogen-bond donors (Lipinski definition) is 0. The summed E-state index contributed by atoms with van der Waals surface area (Å²) in [6.45, 7) is 0. The summed E-state index contributed by atoms with van der Waals surface area (Å²) in [5.74, 6) is 0.531. The van der Waals surface area contributed by atoms with Crippen LogP contribution in [-0.2, 0) is 0 Å². The zero-order chi connectivity index (χ0) is 40.6. The van der Waals surface area contributed by atoms with Gasteiger partial charge in [-0.15, -0.1) is 0 Å². The molecule has 0 N–H and O–H groups in total. The Kier molecular flexibility index (Phi) is 6.04. The Morgan fingerprint density at radius 3 is 1.67 bits per heavy atom. The average Bonchev–Trinajstić information content (AvgIpc) is 3.65. The largest absolute Gasteiger partial charge is 0.277 e. The lowest BCUT2D eigenvalue weighted by Crippen LogP contribution is -2.07. The standard InChI is InChI=1S/C51H32N4/c1-3-15-33(16-4-1)35-19-13-20-36(31-35)38-26-14-27-45-44-25-11-12-28-47(44)55(48(38)45)51-53-49(34-17-5-2-6-18-34)52-50(54-51)37-29-30-43-41-23-8-7-21-39(41)40-22-9-10-24-42(40)46(43)32-37/h1-32H/i2D,5D,6D,17D,18D. The van der Waals surface area contributed by atoms with Crippen molar-refractivity contribution in [1.82, 2.24) is 19.5 Å². The molecule has 2 heterocycles. The van der Waals surface area contributed by atoms with Crippen LogP contribution in [0.25, 0.3) is 105 Å². The Morgan fingerprint density at radius 2 is 0.927 bits per heavy atom. The van der Waals surface area contributed by atoms with Gasteiger partial charge in [0.15, 0.2) is 11.6 Å². The molecule has 11 rings (SSSR count). The first kappa shape index (κ1) is 26.4. The van der Waals surface area contributed by atoms with Gasteiger partial charge in [-0.05, 0) is 67.2 Å². The molecule has 256 valence electrons. The number of benzene rings is 9. The summed E-state index contributed by atoms with van der Waals surface area (Å²) in [4.78, 5) is 15.2. The van der Waals surface area contributed by atoms with Gasteiger partial charge in [0.25, 0.3) is 0 Å². The van der Waals surface area contributed by atoms with E-state index in [9.17, 15) is 0 Å². The van der Waals surface area contributed by atoms with Crippen molar-refractivity contribution in [2.24, 2.45) is 0 Å². The highest BCUT2D eigenvalue weighted by atomic mass is 15.2. The average molecular weight is 706 g/mol. The fourth-order valence-electron chi connectivity index (χ4n) is 8.07. The summed E-state index contributed by atoms with van der Waals surface area (Å²) in [6, 6.07) is 53.8. The van der Waals surface area contributed by atoms with Crippen LogP contribution in [0.4, 0.5) is 0 Å². The number of hydrogen-bond acceptors (Lipinski definition) is 3. The monoisotopic (exact) mass is 705 g/mol. The Bertz CT molecular complexity index is 3500. The van der Waals surface area contributed by atoms with Crippen molar-refractivity contribution in [2.45, 2.75) is 0 Å². The molecular formula is C51H32N4. The Balaban J connectivity index is 1.23. The van der Waals surface area contributed by atoms with E-state index >= 15 is 0 Å². The van der Waals surface area contributed by atoms with Crippen molar-refractivity contribution in [2.75, 3.05) is 0 Å². The van der Waals surface area contributed by atoms with E-state index in [-0.39, 0.29) is 29.4 Å². The van der Waals surface area contributed by atoms with Crippen LogP contribution in [0.15, 0.2) is 194 Å². The van der Waals surface area contributed by atoms with Crippen molar-refractivity contribution < 1.29 is 6.85 Å². The van der Waals surface area contributed by atoms with Crippen molar-refractivity contribution in [3.63, 3.8) is 0 Å². The smallest absolute Gasteiger partial charge is 0.238 e. The quantitative estimate of drug-likeness (QED) is 0.167. The molecule has 0 spiro atoms. The first-order valence-electron chi connectivity index (χ1n) is 20.7. The van der Waals surface area contributed by atoms with Gasteiger partial charge in [-0.2, -0.15) is 9.97 Å². The van der Waals surface area contributed by atoms with E-state index in [1.54, 1.807) is 0 Å². The fourth-order valence-corrected chi connectivity index (χ4v) is 8.07. The molecule has 0 fully saturated rings. The number of para-hydroxylation sites is 2. The van der Waals surface area contributed by atoms with Crippen LogP contribution >= 0.6 is 0 Å². The molecule has 0 aliphatic carbocycles. The Hall–Kier alpha value is -7.43. The highest BCUT2D eigenvalue weighted by Crippen LogP contribution is 2.40. The van der Waals surface area contributed by atoms with Crippen LogP contribution in [0, 0.1) is 0 Å². The van der Waals surface area contributed by atoms with Gasteiger partial charge in [0.05, 0.1) is 17.9 Å². The highest BCUT2D eigenvalue weighted by molar-refractivity contribution is 6.25. The topological polar surface area (TPSA) is 43.6 Å². The molecular weight excluding hydrogens is 669 g/mol. The lowest BCUT2D eigenvalue weighted by atomic mass is 9.93. The molecule has 9 aromatic carbocycles. The molecule has 0 radical (unpaired) electrons. The second-order valence-corrected chi connectivity index (χ2v) is 13.6. The molecule has 4 heteroatoms. The normalized spacial score (nSPS) is 12.9. The summed E-state index contributed by atoms with van der Waals surface area (Å²) < 4.78 is 45.5. The molecule has 0 unspecified atom stereocenters. The molecule has 0 atom stereocenters. The number of rotatable bonds is 5. The summed E-state index contributed by atoms with van der Waals surface area (Å²) >= 11 is 0. The first-order valence-corrected chi connectivity index (χ1v) is 18.2. The molecule has 4 nitrogen and oxygen atoms in total. The molecule has 0 saturated carbocycles. The fraction of sp³-hybridized carbons (Fsp3) is 0. The molecule has 2 aromatic heterocycles. The number of aromatic nitrogens is 4. The van der Waals surface area contributed by atoms with Gasteiger partial charge in [0.2, 0.25) is 5.95 Å². The van der Waals surface area contributed by atoms with E-state index in [0.29, 0.717) is 11.4 Å². The summed E-state index contributed by atoms with van der Waals surface area (Å²) in [5, 5.41) is 8.58. The summed E-state index contributed by atoms with van der Waals surface area (Å²) in [5.41, 5.74) is 6.44. The predicted molar refractivity (Wildman–Crippen MR) is 228 cm³/mol. The van der Waals surface area contributed by atoms with Gasteiger partial charge in [0.1, 0.15) is 0 Å². The first-order chi connectivity index (χ1) is 29.4. The third-order valence-electron chi connectivity index (χ3n) is 10.5. The third kappa shape index (κ3) is 5.11. The maximum absolute atomic E-state index is 8.99. The van der Waals surface area contributed by atoms with E-state index < -0.39 is 18.1 Å². The van der Waals surface area contributed by atoms with Crippen LogP contribution in [0.2, 0.25) is 0 Å². The highest BCUT2D eigenvalue weighted by Gasteiger charge is 2.21. The predicted octanol–water partition coefficient (Wildman–Crippen LogP) is 13.1. The minimum atomic E-state index is -0.485. The third-order valence-corrected chi connectivity index (χ3v) is 10.5. The minimum Gasteiger partial charge on any atom is -0.277 e. The number of fused-ring (bicyclic) bond motifs is 9. The van der Waals surface area contributed by atoms with Crippen molar-refractivity contribution in [1.29, 1.82) is 0 Å². The number of nitrogens with zero attached hydrogens (tertiary/aromatic N) is 4. The van der Waals surface area contributed by atoms with Gasteiger partial charge < -0.3 is 0 Å². The molecule has 11 aromatic rings. The van der Waals surface area contributed by atoms with Crippen LogP contribution in [0.5, 0.6) is 0 Å². The van der Waals surface area contributed by atoms with Crippen LogP contribution < -0.4 is 0 Å². The maximum Gasteiger partial charge on any atom is 0.238 e. The lowest BCUT2D eigenvalue weighted by Gasteiger charge is -2.14. The van der Waals surface area contributed by atoms with Crippen molar-refractivity contribution >= 4 is 54.1 Å². The van der Waals surface area contributed by atoms with E-state index in [2.05, 4.69) is 103 Å². The second-order valence-electron chi connectivity index (χ2n) is 13.6. The SMILES string of the molecule is [2H]c1c([2H])c([2H])c(-c2nc(-c3ccc4c5ccccc5c5ccccc5c4c3)nc(-n3c4ccccc4c4cccc(-c5cccc(-c6ccccc6)c5)c43)n2)c([2H])c1[2H]. The van der Waals surface area contributed by atoms with Crippen LogP contribution in [-0.4, -0.2) is 19.5 Å². The molecule has 0 bridgehead atoms. The van der Waals surface area contributed by atoms with Crippen LogP contribution in [0.1, 0.15) is 6.85 Å². The van der Waals surface area contributed by atoms with Crippen LogP contribution in [0.3, 0.4) is 0 Å². The second kappa shape index (κ2) is 12.6. The Morgan fingerprint density at radius 1 is 0.364 bits per heavy atom. The van der Waals surface area contributed by atoms with Gasteiger partial charge in [-0.25, -0.2) is 4.98 Å². The summed E-state index contributed by atoms with van der Waals surface area (Å²) in [7, 11) is 0. The summed E-state index contributed by atoms with van der Waals surface area (Å²) in [6.07, 6.45) is 0. The molecule has 0 saturated heterocycles.